The maximum Gasteiger partial charge on any atom is 0.0514 e. The number of hydrogen-bond acceptors (Lipinski definition) is 2. The molecule has 2 N–H and O–H groups in total. The summed E-state index contributed by atoms with van der Waals surface area (Å²) in [5.41, 5.74) is 12.8. The van der Waals surface area contributed by atoms with Crippen molar-refractivity contribution in [2.75, 3.05) is 4.90 Å². The lowest BCUT2D eigenvalue weighted by Gasteiger charge is -2.35. The second kappa shape index (κ2) is 11.2. The molecule has 0 atom stereocenters. The normalized spacial score (nSPS) is 11.5. The average Bonchev–Trinajstić information content (AvgIpc) is 2.83. The van der Waals surface area contributed by atoms with Gasteiger partial charge in [-0.25, -0.2) is 0 Å². The zero-order chi connectivity index (χ0) is 22.1. The van der Waals surface area contributed by atoms with E-state index >= 15 is 0 Å². The summed E-state index contributed by atoms with van der Waals surface area (Å²) in [6.45, 7) is 6.66. The zero-order valence-electron chi connectivity index (χ0n) is 19.5. The van der Waals surface area contributed by atoms with Gasteiger partial charge in [0.2, 0.25) is 0 Å². The molecule has 3 rings (SSSR count). The molecule has 0 unspecified atom stereocenters. The summed E-state index contributed by atoms with van der Waals surface area (Å²) >= 11 is 0. The number of hydrogen-bond donors (Lipinski definition) is 1. The van der Waals surface area contributed by atoms with Crippen LogP contribution in [0.1, 0.15) is 70.4 Å². The molecule has 0 aliphatic carbocycles. The zero-order valence-corrected chi connectivity index (χ0v) is 19.5. The van der Waals surface area contributed by atoms with Crippen molar-refractivity contribution >= 4 is 17.1 Å². The lowest BCUT2D eigenvalue weighted by Crippen LogP contribution is -2.36. The molecule has 0 aromatic heterocycles. The van der Waals surface area contributed by atoms with Crippen molar-refractivity contribution < 1.29 is 0 Å². The van der Waals surface area contributed by atoms with Crippen LogP contribution in [0.3, 0.4) is 0 Å². The molecule has 0 aliphatic rings. The number of para-hydroxylation sites is 2. The maximum absolute atomic E-state index is 6.98. The molecule has 31 heavy (non-hydrogen) atoms. The molecule has 0 heterocycles. The SMILES string of the molecule is CCCCCCc1ccc(C(N)(CC)CC)c(N(c2ccccc2)c2ccccc2)c1. The van der Waals surface area contributed by atoms with Gasteiger partial charge in [0.25, 0.3) is 0 Å². The van der Waals surface area contributed by atoms with Crippen LogP contribution in [0.25, 0.3) is 0 Å². The lowest BCUT2D eigenvalue weighted by atomic mass is 9.83. The lowest BCUT2D eigenvalue weighted by molar-refractivity contribution is 0.413. The Morgan fingerprint density at radius 2 is 1.29 bits per heavy atom. The number of benzene rings is 3. The van der Waals surface area contributed by atoms with Crippen molar-refractivity contribution in [1.29, 1.82) is 0 Å². The molecule has 0 fully saturated rings. The van der Waals surface area contributed by atoms with Gasteiger partial charge in [0.1, 0.15) is 0 Å². The number of rotatable bonds is 11. The van der Waals surface area contributed by atoms with Crippen LogP contribution in [0.2, 0.25) is 0 Å². The van der Waals surface area contributed by atoms with E-state index in [0.29, 0.717) is 0 Å². The van der Waals surface area contributed by atoms with Crippen LogP contribution < -0.4 is 10.6 Å². The van der Waals surface area contributed by atoms with Crippen LogP contribution in [0.15, 0.2) is 78.9 Å². The van der Waals surface area contributed by atoms with Gasteiger partial charge in [0.15, 0.2) is 0 Å². The Morgan fingerprint density at radius 3 is 1.81 bits per heavy atom. The highest BCUT2D eigenvalue weighted by Crippen LogP contribution is 2.42. The van der Waals surface area contributed by atoms with Gasteiger partial charge in [-0.3, -0.25) is 0 Å². The van der Waals surface area contributed by atoms with Gasteiger partial charge in [-0.2, -0.15) is 0 Å². The first-order chi connectivity index (χ1) is 15.1. The molecular formula is C29H38N2. The highest BCUT2D eigenvalue weighted by Gasteiger charge is 2.29. The van der Waals surface area contributed by atoms with E-state index in [0.717, 1.165) is 30.6 Å². The Bertz CT molecular complexity index is 874. The van der Waals surface area contributed by atoms with Gasteiger partial charge in [0, 0.05) is 16.9 Å². The highest BCUT2D eigenvalue weighted by molar-refractivity contribution is 5.79. The Hall–Kier alpha value is -2.58. The minimum atomic E-state index is -0.349. The van der Waals surface area contributed by atoms with E-state index in [2.05, 4.69) is 105 Å². The van der Waals surface area contributed by atoms with E-state index in [4.69, 9.17) is 5.73 Å². The first-order valence-electron chi connectivity index (χ1n) is 12.0. The quantitative estimate of drug-likeness (QED) is 0.320. The Morgan fingerprint density at radius 1 is 0.710 bits per heavy atom. The minimum absolute atomic E-state index is 0.349. The third kappa shape index (κ3) is 5.57. The smallest absolute Gasteiger partial charge is 0.0514 e. The predicted octanol–water partition coefficient (Wildman–Crippen LogP) is 8.25. The molecular weight excluding hydrogens is 376 g/mol. The molecule has 0 radical (unpaired) electrons. The van der Waals surface area contributed by atoms with E-state index in [9.17, 15) is 0 Å². The van der Waals surface area contributed by atoms with Crippen LogP contribution >= 0.6 is 0 Å². The minimum Gasteiger partial charge on any atom is -0.321 e. The van der Waals surface area contributed by atoms with Crippen LogP contribution in [0, 0.1) is 0 Å². The molecule has 0 aliphatic heterocycles. The monoisotopic (exact) mass is 414 g/mol. The van der Waals surface area contributed by atoms with E-state index in [-0.39, 0.29) is 5.54 Å². The Kier molecular flexibility index (Phi) is 8.31. The van der Waals surface area contributed by atoms with Crippen molar-refractivity contribution in [3.8, 4) is 0 Å². The van der Waals surface area contributed by atoms with Crippen molar-refractivity contribution in [3.63, 3.8) is 0 Å². The summed E-state index contributed by atoms with van der Waals surface area (Å²) in [5, 5.41) is 0. The van der Waals surface area contributed by atoms with Crippen LogP contribution in [-0.4, -0.2) is 0 Å². The second-order valence-corrected chi connectivity index (χ2v) is 8.53. The van der Waals surface area contributed by atoms with Gasteiger partial charge in [-0.1, -0.05) is 88.6 Å². The molecule has 2 heteroatoms. The molecule has 3 aromatic carbocycles. The first-order valence-corrected chi connectivity index (χ1v) is 12.0. The van der Waals surface area contributed by atoms with E-state index in [1.807, 2.05) is 0 Å². The molecule has 0 amide bonds. The molecule has 3 aromatic rings. The fourth-order valence-electron chi connectivity index (χ4n) is 4.31. The average molecular weight is 415 g/mol. The molecule has 0 saturated heterocycles. The van der Waals surface area contributed by atoms with Crippen molar-refractivity contribution in [2.24, 2.45) is 5.73 Å². The fourth-order valence-corrected chi connectivity index (χ4v) is 4.31. The number of anilines is 3. The summed E-state index contributed by atoms with van der Waals surface area (Å²) in [6.07, 6.45) is 8.03. The number of aryl methyl sites for hydroxylation is 1. The van der Waals surface area contributed by atoms with Gasteiger partial charge >= 0.3 is 0 Å². The van der Waals surface area contributed by atoms with Crippen molar-refractivity contribution in [1.82, 2.24) is 0 Å². The summed E-state index contributed by atoms with van der Waals surface area (Å²) in [4.78, 5) is 2.37. The Labute approximate surface area is 189 Å². The predicted molar refractivity (Wildman–Crippen MR) is 135 cm³/mol. The summed E-state index contributed by atoms with van der Waals surface area (Å²) in [7, 11) is 0. The highest BCUT2D eigenvalue weighted by atomic mass is 15.1. The van der Waals surface area contributed by atoms with Gasteiger partial charge in [-0.05, 0) is 67.1 Å². The van der Waals surface area contributed by atoms with Gasteiger partial charge in [-0.15, -0.1) is 0 Å². The Balaban J connectivity index is 2.14. The summed E-state index contributed by atoms with van der Waals surface area (Å²) in [6, 6.07) is 28.3. The van der Waals surface area contributed by atoms with E-state index < -0.39 is 0 Å². The molecule has 0 saturated carbocycles. The van der Waals surface area contributed by atoms with Gasteiger partial charge in [0.05, 0.1) is 5.69 Å². The van der Waals surface area contributed by atoms with Crippen molar-refractivity contribution in [2.45, 2.75) is 71.3 Å². The van der Waals surface area contributed by atoms with E-state index in [1.54, 1.807) is 0 Å². The largest absolute Gasteiger partial charge is 0.321 e. The summed E-state index contributed by atoms with van der Waals surface area (Å²) in [5.74, 6) is 0. The number of nitrogens with zero attached hydrogens (tertiary/aromatic N) is 1. The summed E-state index contributed by atoms with van der Waals surface area (Å²) < 4.78 is 0. The van der Waals surface area contributed by atoms with Crippen LogP contribution in [0.5, 0.6) is 0 Å². The van der Waals surface area contributed by atoms with E-state index in [1.165, 1.54) is 42.5 Å². The molecule has 164 valence electrons. The third-order valence-electron chi connectivity index (χ3n) is 6.45. The standard InChI is InChI=1S/C29H38N2/c1-4-7-8-11-16-24-21-22-27(29(30,5-2)6-3)28(23-24)31(25-17-12-9-13-18-25)26-19-14-10-15-20-26/h9-10,12-15,17-23H,4-8,11,16,30H2,1-3H3. The fraction of sp³-hybridized carbons (Fsp3) is 0.379. The molecule has 0 bridgehead atoms. The second-order valence-electron chi connectivity index (χ2n) is 8.53. The third-order valence-corrected chi connectivity index (χ3v) is 6.45. The number of unbranched alkanes of at least 4 members (excludes halogenated alkanes) is 3. The van der Waals surface area contributed by atoms with Crippen LogP contribution in [0.4, 0.5) is 17.1 Å². The maximum atomic E-state index is 6.98. The molecule has 0 spiro atoms. The topological polar surface area (TPSA) is 29.3 Å². The van der Waals surface area contributed by atoms with Crippen molar-refractivity contribution in [3.05, 3.63) is 90.0 Å². The van der Waals surface area contributed by atoms with Crippen LogP contribution in [-0.2, 0) is 12.0 Å². The number of nitrogens with two attached hydrogens (primary N) is 1. The van der Waals surface area contributed by atoms with Gasteiger partial charge < -0.3 is 10.6 Å². The molecule has 2 nitrogen and oxygen atoms in total. The first kappa shape index (κ1) is 23.1.